The van der Waals surface area contributed by atoms with Gasteiger partial charge in [0.25, 0.3) is 0 Å². The van der Waals surface area contributed by atoms with E-state index in [1.54, 1.807) is 17.9 Å². The first-order valence-electron chi connectivity index (χ1n) is 7.63. The molecule has 0 spiro atoms. The minimum absolute atomic E-state index is 0.203. The Bertz CT molecular complexity index is 565. The van der Waals surface area contributed by atoms with Crippen LogP contribution in [0.25, 0.3) is 6.08 Å². The third kappa shape index (κ3) is 3.56. The van der Waals surface area contributed by atoms with Gasteiger partial charge >= 0.3 is 0 Å². The minimum Gasteiger partial charge on any atom is -0.388 e. The van der Waals surface area contributed by atoms with E-state index in [2.05, 4.69) is 10.4 Å². The van der Waals surface area contributed by atoms with Crippen LogP contribution in [0.1, 0.15) is 36.2 Å². The standard InChI is InChI=1S/C16H25N3O3/c1-10-12(11(2)19(3)18-10)8-9-15(20)17-13-6-5-7-14(22-4)16(13)21/h8-9,13-14,16,21H,5-7H2,1-4H3,(H,17,20)/b9-8+/t13-,14-,16-/m1/s1. The quantitative estimate of drug-likeness (QED) is 0.817. The molecular weight excluding hydrogens is 282 g/mol. The summed E-state index contributed by atoms with van der Waals surface area (Å²) in [5.74, 6) is -0.205. The molecule has 3 atom stereocenters. The zero-order valence-corrected chi connectivity index (χ0v) is 13.7. The van der Waals surface area contributed by atoms with Gasteiger partial charge in [0.15, 0.2) is 0 Å². The predicted octanol–water partition coefficient (Wildman–Crippen LogP) is 1.09. The molecule has 0 aromatic carbocycles. The molecule has 22 heavy (non-hydrogen) atoms. The zero-order valence-electron chi connectivity index (χ0n) is 13.7. The zero-order chi connectivity index (χ0) is 16.3. The number of aliphatic hydroxyl groups excluding tert-OH is 1. The second kappa shape index (κ2) is 7.07. The van der Waals surface area contributed by atoms with Gasteiger partial charge in [-0.25, -0.2) is 0 Å². The van der Waals surface area contributed by atoms with Gasteiger partial charge in [0.2, 0.25) is 5.91 Å². The van der Waals surface area contributed by atoms with Crippen molar-refractivity contribution in [3.63, 3.8) is 0 Å². The van der Waals surface area contributed by atoms with Gasteiger partial charge in [-0.15, -0.1) is 0 Å². The van der Waals surface area contributed by atoms with Crippen molar-refractivity contribution in [2.45, 2.75) is 51.4 Å². The molecule has 1 heterocycles. The number of hydrogen-bond acceptors (Lipinski definition) is 4. The van der Waals surface area contributed by atoms with Crippen LogP contribution in [0, 0.1) is 13.8 Å². The van der Waals surface area contributed by atoms with Crippen molar-refractivity contribution in [2.75, 3.05) is 7.11 Å². The molecule has 1 amide bonds. The molecule has 1 aliphatic carbocycles. The lowest BCUT2D eigenvalue weighted by Crippen LogP contribution is -2.51. The molecule has 2 N–H and O–H groups in total. The molecule has 0 bridgehead atoms. The van der Waals surface area contributed by atoms with Crippen LogP contribution in [0.5, 0.6) is 0 Å². The molecule has 1 fully saturated rings. The van der Waals surface area contributed by atoms with Gasteiger partial charge in [-0.1, -0.05) is 0 Å². The predicted molar refractivity (Wildman–Crippen MR) is 84.3 cm³/mol. The Morgan fingerprint density at radius 2 is 2.18 bits per heavy atom. The Morgan fingerprint density at radius 1 is 1.45 bits per heavy atom. The fourth-order valence-corrected chi connectivity index (χ4v) is 2.98. The Kier molecular flexibility index (Phi) is 5.37. The van der Waals surface area contributed by atoms with Gasteiger partial charge < -0.3 is 15.2 Å². The maximum Gasteiger partial charge on any atom is 0.244 e. The fraction of sp³-hybridized carbons (Fsp3) is 0.625. The first kappa shape index (κ1) is 16.7. The monoisotopic (exact) mass is 307 g/mol. The molecule has 6 heteroatoms. The van der Waals surface area contributed by atoms with E-state index in [1.807, 2.05) is 20.9 Å². The van der Waals surface area contributed by atoms with E-state index in [9.17, 15) is 9.90 Å². The lowest BCUT2D eigenvalue weighted by molar-refractivity contribution is -0.120. The first-order chi connectivity index (χ1) is 10.4. The van der Waals surface area contributed by atoms with Gasteiger partial charge in [-0.05, 0) is 39.2 Å². The van der Waals surface area contributed by atoms with Gasteiger partial charge in [-0.2, -0.15) is 5.10 Å². The number of rotatable bonds is 4. The van der Waals surface area contributed by atoms with E-state index < -0.39 is 6.10 Å². The van der Waals surface area contributed by atoms with Gasteiger partial charge in [0.05, 0.1) is 17.8 Å². The average molecular weight is 307 g/mol. The van der Waals surface area contributed by atoms with Crippen LogP contribution in [0.15, 0.2) is 6.08 Å². The Hall–Kier alpha value is -1.66. The second-order valence-electron chi connectivity index (χ2n) is 5.85. The SMILES string of the molecule is CO[C@@H]1CCC[C@@H](NC(=O)/C=C/c2c(C)nn(C)c2C)[C@H]1O. The molecule has 0 saturated heterocycles. The van der Waals surface area contributed by atoms with Crippen molar-refractivity contribution >= 4 is 12.0 Å². The summed E-state index contributed by atoms with van der Waals surface area (Å²) in [6.07, 6.45) is 4.95. The van der Waals surface area contributed by atoms with Crippen molar-refractivity contribution in [1.82, 2.24) is 15.1 Å². The molecule has 1 aromatic heterocycles. The number of nitrogens with zero attached hydrogens (tertiary/aromatic N) is 2. The van der Waals surface area contributed by atoms with Crippen molar-refractivity contribution in [3.8, 4) is 0 Å². The molecular formula is C16H25N3O3. The summed E-state index contributed by atoms with van der Waals surface area (Å²) in [6, 6.07) is -0.257. The summed E-state index contributed by atoms with van der Waals surface area (Å²) in [6.45, 7) is 3.88. The van der Waals surface area contributed by atoms with Crippen LogP contribution in [-0.4, -0.2) is 46.2 Å². The van der Waals surface area contributed by atoms with E-state index >= 15 is 0 Å². The van der Waals surface area contributed by atoms with E-state index in [0.29, 0.717) is 0 Å². The largest absolute Gasteiger partial charge is 0.388 e. The number of amides is 1. The van der Waals surface area contributed by atoms with Crippen LogP contribution in [0.3, 0.4) is 0 Å². The molecule has 122 valence electrons. The summed E-state index contributed by atoms with van der Waals surface area (Å²) in [4.78, 5) is 12.1. The Balaban J connectivity index is 1.99. The number of hydrogen-bond donors (Lipinski definition) is 2. The van der Waals surface area contributed by atoms with Crippen LogP contribution in [-0.2, 0) is 16.6 Å². The summed E-state index contributed by atoms with van der Waals surface area (Å²) < 4.78 is 7.04. The Labute approximate surface area is 131 Å². The van der Waals surface area contributed by atoms with Crippen LogP contribution < -0.4 is 5.32 Å². The number of methoxy groups -OCH3 is 1. The normalized spacial score (nSPS) is 25.6. The smallest absolute Gasteiger partial charge is 0.244 e. The number of carbonyl (C=O) groups excluding carboxylic acids is 1. The highest BCUT2D eigenvalue weighted by Gasteiger charge is 2.32. The van der Waals surface area contributed by atoms with Crippen molar-refractivity contribution in [1.29, 1.82) is 0 Å². The number of aromatic nitrogens is 2. The fourth-order valence-electron chi connectivity index (χ4n) is 2.98. The second-order valence-corrected chi connectivity index (χ2v) is 5.85. The van der Waals surface area contributed by atoms with E-state index in [0.717, 1.165) is 36.2 Å². The van der Waals surface area contributed by atoms with Gasteiger partial charge in [0.1, 0.15) is 6.10 Å². The molecule has 0 aliphatic heterocycles. The highest BCUT2D eigenvalue weighted by atomic mass is 16.5. The summed E-state index contributed by atoms with van der Waals surface area (Å²) in [7, 11) is 3.47. The average Bonchev–Trinajstić information content (AvgIpc) is 2.72. The lowest BCUT2D eigenvalue weighted by Gasteiger charge is -2.34. The van der Waals surface area contributed by atoms with E-state index in [4.69, 9.17) is 4.74 Å². The molecule has 1 saturated carbocycles. The maximum absolute atomic E-state index is 12.1. The number of aliphatic hydroxyl groups is 1. The third-order valence-corrected chi connectivity index (χ3v) is 4.39. The highest BCUT2D eigenvalue weighted by molar-refractivity contribution is 5.92. The van der Waals surface area contributed by atoms with Crippen molar-refractivity contribution in [2.24, 2.45) is 7.05 Å². The molecule has 2 rings (SSSR count). The number of aryl methyl sites for hydroxylation is 2. The molecule has 0 radical (unpaired) electrons. The van der Waals surface area contributed by atoms with E-state index in [-0.39, 0.29) is 18.1 Å². The van der Waals surface area contributed by atoms with Crippen molar-refractivity contribution in [3.05, 3.63) is 23.0 Å². The summed E-state index contributed by atoms with van der Waals surface area (Å²) in [5.41, 5.74) is 2.86. The van der Waals surface area contributed by atoms with Gasteiger partial charge in [-0.3, -0.25) is 9.48 Å². The summed E-state index contributed by atoms with van der Waals surface area (Å²) in [5, 5.41) is 17.4. The molecule has 0 unspecified atom stereocenters. The Morgan fingerprint density at radius 3 is 2.77 bits per heavy atom. The molecule has 1 aromatic rings. The lowest BCUT2D eigenvalue weighted by atomic mass is 9.90. The van der Waals surface area contributed by atoms with Crippen LogP contribution in [0.2, 0.25) is 0 Å². The third-order valence-electron chi connectivity index (χ3n) is 4.39. The van der Waals surface area contributed by atoms with E-state index in [1.165, 1.54) is 6.08 Å². The number of carbonyl (C=O) groups is 1. The van der Waals surface area contributed by atoms with Crippen LogP contribution in [0.4, 0.5) is 0 Å². The number of nitrogens with one attached hydrogen (secondary N) is 1. The van der Waals surface area contributed by atoms with Crippen molar-refractivity contribution < 1.29 is 14.6 Å². The highest BCUT2D eigenvalue weighted by Crippen LogP contribution is 2.21. The minimum atomic E-state index is -0.655. The molecule has 1 aliphatic rings. The topological polar surface area (TPSA) is 76.4 Å². The molecule has 6 nitrogen and oxygen atoms in total. The number of ether oxygens (including phenoxy) is 1. The maximum atomic E-state index is 12.1. The van der Waals surface area contributed by atoms with Crippen LogP contribution >= 0.6 is 0 Å². The summed E-state index contributed by atoms with van der Waals surface area (Å²) >= 11 is 0. The first-order valence-corrected chi connectivity index (χ1v) is 7.63. The van der Waals surface area contributed by atoms with Gasteiger partial charge in [0, 0.05) is 31.5 Å².